The molecule has 32 heavy (non-hydrogen) atoms. The Labute approximate surface area is 187 Å². The van der Waals surface area contributed by atoms with Crippen molar-refractivity contribution in [3.8, 4) is 6.01 Å². The second kappa shape index (κ2) is 9.93. The number of carbonyl (C=O) groups excluding carboxylic acids is 1. The van der Waals surface area contributed by atoms with Crippen molar-refractivity contribution in [3.63, 3.8) is 0 Å². The molecular formula is C23H29N5O4. The van der Waals surface area contributed by atoms with Gasteiger partial charge >= 0.3 is 12.0 Å². The molecule has 1 amide bonds. The number of methoxy groups -OCH3 is 1. The van der Waals surface area contributed by atoms with E-state index in [1.807, 2.05) is 0 Å². The van der Waals surface area contributed by atoms with Gasteiger partial charge in [-0.25, -0.2) is 15.0 Å². The molecule has 1 saturated heterocycles. The van der Waals surface area contributed by atoms with Crippen molar-refractivity contribution in [2.75, 3.05) is 25.5 Å². The molecule has 9 heteroatoms. The Kier molecular flexibility index (Phi) is 6.82. The lowest BCUT2D eigenvalue weighted by molar-refractivity contribution is -0.154. The van der Waals surface area contributed by atoms with Crippen LogP contribution in [0.2, 0.25) is 0 Å². The molecule has 9 nitrogen and oxygen atoms in total. The number of amides is 1. The van der Waals surface area contributed by atoms with Gasteiger partial charge in [0.25, 0.3) is 0 Å². The number of aliphatic carboxylic acids is 1. The summed E-state index contributed by atoms with van der Waals surface area (Å²) in [6.07, 6.45) is 8.72. The molecule has 2 aromatic heterocycles. The third-order valence-corrected chi connectivity index (χ3v) is 6.20. The van der Waals surface area contributed by atoms with E-state index in [-0.39, 0.29) is 24.3 Å². The van der Waals surface area contributed by atoms with Gasteiger partial charge in [0, 0.05) is 36.7 Å². The van der Waals surface area contributed by atoms with Crippen LogP contribution in [0.1, 0.15) is 55.0 Å². The molecule has 170 valence electrons. The minimum atomic E-state index is -0.964. The van der Waals surface area contributed by atoms with Crippen LogP contribution in [0.4, 0.5) is 5.82 Å². The van der Waals surface area contributed by atoms with Crippen LogP contribution in [-0.4, -0.2) is 57.0 Å². The molecule has 0 aromatic carbocycles. The minimum Gasteiger partial charge on any atom is -0.481 e. The third-order valence-electron chi connectivity index (χ3n) is 6.20. The standard InChI is InChI=1S/C23H29N5O4/c1-32-23-25-12-17(13-26-23)19(11-20(29)30)28-14-16(22(28)31)5-2-3-7-18-9-8-15-6-4-10-24-21(15)27-18/h8-9,12-13,16,19H,2-7,10-11,14H2,1H3,(H,24,27)(H,29,30). The Balaban J connectivity index is 1.26. The molecule has 4 rings (SSSR count). The molecule has 0 aliphatic carbocycles. The van der Waals surface area contributed by atoms with Crippen LogP contribution in [0.3, 0.4) is 0 Å². The summed E-state index contributed by atoms with van der Waals surface area (Å²) in [5, 5.41) is 12.7. The highest BCUT2D eigenvalue weighted by molar-refractivity contribution is 5.85. The largest absolute Gasteiger partial charge is 0.481 e. The topological polar surface area (TPSA) is 118 Å². The lowest BCUT2D eigenvalue weighted by atomic mass is 9.88. The Bertz CT molecular complexity index is 965. The number of rotatable bonds is 10. The molecule has 2 unspecified atom stereocenters. The average molecular weight is 440 g/mol. The predicted molar refractivity (Wildman–Crippen MR) is 117 cm³/mol. The van der Waals surface area contributed by atoms with E-state index in [9.17, 15) is 14.7 Å². The summed E-state index contributed by atoms with van der Waals surface area (Å²) in [5.41, 5.74) is 2.98. The first-order chi connectivity index (χ1) is 15.5. The third kappa shape index (κ3) is 4.98. The minimum absolute atomic E-state index is 0.00294. The number of nitrogens with zero attached hydrogens (tertiary/aromatic N) is 4. The SMILES string of the molecule is COc1ncc(C(CC(=O)O)N2CC(CCCCc3ccc4c(n3)NCCC4)C2=O)cn1. The first-order valence-corrected chi connectivity index (χ1v) is 11.2. The zero-order valence-electron chi connectivity index (χ0n) is 18.3. The summed E-state index contributed by atoms with van der Waals surface area (Å²) in [6, 6.07) is 3.92. The van der Waals surface area contributed by atoms with Crippen LogP contribution < -0.4 is 10.1 Å². The number of carboxylic acids is 1. The monoisotopic (exact) mass is 439 g/mol. The molecule has 0 spiro atoms. The number of anilines is 1. The first kappa shape index (κ1) is 22.0. The molecule has 0 bridgehead atoms. The highest BCUT2D eigenvalue weighted by Crippen LogP contribution is 2.34. The first-order valence-electron chi connectivity index (χ1n) is 11.2. The summed E-state index contributed by atoms with van der Waals surface area (Å²) < 4.78 is 4.96. The second-order valence-corrected chi connectivity index (χ2v) is 8.39. The number of carbonyl (C=O) groups is 2. The molecule has 1 fully saturated rings. The number of nitrogens with one attached hydrogen (secondary N) is 1. The number of β-lactam (4-membered cyclic amide) rings is 1. The number of hydrogen-bond acceptors (Lipinski definition) is 7. The van der Waals surface area contributed by atoms with Gasteiger partial charge in [-0.15, -0.1) is 0 Å². The Hall–Kier alpha value is -3.23. The van der Waals surface area contributed by atoms with Gasteiger partial charge < -0.3 is 20.1 Å². The molecule has 2 aliphatic rings. The molecule has 2 atom stereocenters. The molecule has 2 aliphatic heterocycles. The average Bonchev–Trinajstić information content (AvgIpc) is 2.81. The number of ether oxygens (including phenoxy) is 1. The van der Waals surface area contributed by atoms with E-state index in [0.29, 0.717) is 12.1 Å². The lowest BCUT2D eigenvalue weighted by Crippen LogP contribution is -2.54. The van der Waals surface area contributed by atoms with Gasteiger partial charge in [0.2, 0.25) is 5.91 Å². The van der Waals surface area contributed by atoms with Crippen molar-refractivity contribution in [2.24, 2.45) is 5.92 Å². The molecule has 2 N–H and O–H groups in total. The number of unbranched alkanes of at least 4 members (excludes halogenated alkanes) is 1. The fraction of sp³-hybridized carbons (Fsp3) is 0.522. The number of fused-ring (bicyclic) bond motifs is 1. The Morgan fingerprint density at radius 2 is 2.12 bits per heavy atom. The van der Waals surface area contributed by atoms with Crippen LogP contribution in [0.5, 0.6) is 6.01 Å². The van der Waals surface area contributed by atoms with E-state index < -0.39 is 12.0 Å². The molecule has 2 aromatic rings. The smallest absolute Gasteiger partial charge is 0.316 e. The highest BCUT2D eigenvalue weighted by Gasteiger charge is 2.41. The zero-order chi connectivity index (χ0) is 22.5. The van der Waals surface area contributed by atoms with E-state index in [0.717, 1.165) is 56.6 Å². The number of pyridine rings is 1. The van der Waals surface area contributed by atoms with E-state index in [4.69, 9.17) is 9.72 Å². The van der Waals surface area contributed by atoms with E-state index in [2.05, 4.69) is 27.4 Å². The highest BCUT2D eigenvalue weighted by atomic mass is 16.5. The quantitative estimate of drug-likeness (QED) is 0.429. The fourth-order valence-electron chi connectivity index (χ4n) is 4.41. The van der Waals surface area contributed by atoms with Crippen molar-refractivity contribution < 1.29 is 19.4 Å². The summed E-state index contributed by atoms with van der Waals surface area (Å²) in [5.74, 6) is 0.00597. The number of carboxylic acid groups (broad SMARTS) is 1. The van der Waals surface area contributed by atoms with Gasteiger partial charge in [0.05, 0.1) is 25.5 Å². The Morgan fingerprint density at radius 3 is 2.84 bits per heavy atom. The molecule has 4 heterocycles. The Morgan fingerprint density at radius 1 is 1.31 bits per heavy atom. The summed E-state index contributed by atoms with van der Waals surface area (Å²) in [6.45, 7) is 1.54. The van der Waals surface area contributed by atoms with E-state index >= 15 is 0 Å². The van der Waals surface area contributed by atoms with Gasteiger partial charge in [0.1, 0.15) is 5.82 Å². The molecule has 0 saturated carbocycles. The van der Waals surface area contributed by atoms with Crippen LogP contribution in [0.15, 0.2) is 24.5 Å². The summed E-state index contributed by atoms with van der Waals surface area (Å²) in [4.78, 5) is 38.6. The van der Waals surface area contributed by atoms with Gasteiger partial charge in [-0.3, -0.25) is 9.59 Å². The van der Waals surface area contributed by atoms with Crippen molar-refractivity contribution in [1.82, 2.24) is 19.9 Å². The maximum absolute atomic E-state index is 12.8. The number of hydrogen-bond donors (Lipinski definition) is 2. The summed E-state index contributed by atoms with van der Waals surface area (Å²) >= 11 is 0. The van der Waals surface area contributed by atoms with Gasteiger partial charge in [-0.2, -0.15) is 0 Å². The number of likely N-dealkylation sites (tertiary alicyclic amines) is 1. The van der Waals surface area contributed by atoms with Crippen molar-refractivity contribution >= 4 is 17.7 Å². The zero-order valence-corrected chi connectivity index (χ0v) is 18.3. The van der Waals surface area contributed by atoms with Crippen LogP contribution >= 0.6 is 0 Å². The van der Waals surface area contributed by atoms with Gasteiger partial charge in [0.15, 0.2) is 0 Å². The van der Waals surface area contributed by atoms with Crippen molar-refractivity contribution in [2.45, 2.75) is 51.0 Å². The lowest BCUT2D eigenvalue weighted by Gasteiger charge is -2.43. The maximum atomic E-state index is 12.8. The normalized spacial score (nSPS) is 18.3. The van der Waals surface area contributed by atoms with E-state index in [1.165, 1.54) is 25.1 Å². The number of aryl methyl sites for hydroxylation is 2. The number of aromatic nitrogens is 3. The summed E-state index contributed by atoms with van der Waals surface area (Å²) in [7, 11) is 1.46. The maximum Gasteiger partial charge on any atom is 0.316 e. The van der Waals surface area contributed by atoms with Crippen LogP contribution in [0.25, 0.3) is 0 Å². The molecule has 0 radical (unpaired) electrons. The van der Waals surface area contributed by atoms with E-state index in [1.54, 1.807) is 4.90 Å². The molecular weight excluding hydrogens is 410 g/mol. The second-order valence-electron chi connectivity index (χ2n) is 8.39. The predicted octanol–water partition coefficient (Wildman–Crippen LogP) is 2.63. The van der Waals surface area contributed by atoms with Gasteiger partial charge in [-0.05, 0) is 43.7 Å². The van der Waals surface area contributed by atoms with Crippen molar-refractivity contribution in [3.05, 3.63) is 41.3 Å². The van der Waals surface area contributed by atoms with Crippen LogP contribution in [-0.2, 0) is 22.4 Å². The van der Waals surface area contributed by atoms with Gasteiger partial charge in [-0.1, -0.05) is 12.5 Å². The fourth-order valence-corrected chi connectivity index (χ4v) is 4.41. The van der Waals surface area contributed by atoms with Crippen LogP contribution in [0, 0.1) is 5.92 Å². The van der Waals surface area contributed by atoms with Crippen molar-refractivity contribution in [1.29, 1.82) is 0 Å².